The van der Waals surface area contributed by atoms with E-state index in [9.17, 15) is 9.18 Å². The second-order valence-electron chi connectivity index (χ2n) is 5.72. The summed E-state index contributed by atoms with van der Waals surface area (Å²) in [4.78, 5) is 17.6. The highest BCUT2D eigenvalue weighted by molar-refractivity contribution is 7.99. The first-order chi connectivity index (χ1) is 10.6. The molecule has 1 amide bonds. The molecule has 1 aromatic rings. The van der Waals surface area contributed by atoms with Crippen molar-refractivity contribution < 1.29 is 9.18 Å². The fourth-order valence-corrected chi connectivity index (χ4v) is 3.63. The number of benzene rings is 1. The van der Waals surface area contributed by atoms with Gasteiger partial charge in [0, 0.05) is 43.2 Å². The van der Waals surface area contributed by atoms with E-state index >= 15 is 0 Å². The number of amides is 1. The van der Waals surface area contributed by atoms with Gasteiger partial charge < -0.3 is 9.80 Å². The number of hydrogen-bond donors (Lipinski definition) is 0. The molecular weight excluding hydrogens is 299 g/mol. The molecule has 1 aliphatic heterocycles. The number of halogens is 1. The number of nitrogens with zero attached hydrogens (tertiary/aromatic N) is 2. The Morgan fingerprint density at radius 1 is 1.32 bits per heavy atom. The summed E-state index contributed by atoms with van der Waals surface area (Å²) in [5.41, 5.74) is 0. The second-order valence-corrected chi connectivity index (χ2v) is 6.89. The van der Waals surface area contributed by atoms with Crippen molar-refractivity contribution in [2.75, 3.05) is 32.4 Å². The summed E-state index contributed by atoms with van der Waals surface area (Å²) in [5, 5.41) is 0. The largest absolute Gasteiger partial charge is 0.343 e. The lowest BCUT2D eigenvalue weighted by Crippen LogP contribution is -2.45. The van der Waals surface area contributed by atoms with Gasteiger partial charge in [0.1, 0.15) is 5.82 Å². The molecule has 5 heteroatoms. The van der Waals surface area contributed by atoms with Crippen LogP contribution in [-0.4, -0.2) is 54.2 Å². The third kappa shape index (κ3) is 4.99. The molecule has 3 nitrogen and oxygen atoms in total. The number of hydrogen-bond acceptors (Lipinski definition) is 3. The van der Waals surface area contributed by atoms with Crippen molar-refractivity contribution in [2.45, 2.75) is 37.1 Å². The van der Waals surface area contributed by atoms with Gasteiger partial charge >= 0.3 is 0 Å². The van der Waals surface area contributed by atoms with Gasteiger partial charge in [0.25, 0.3) is 0 Å². The van der Waals surface area contributed by atoms with Crippen molar-refractivity contribution in [3.8, 4) is 0 Å². The molecule has 1 aromatic carbocycles. The third-order valence-electron chi connectivity index (χ3n) is 4.34. The molecule has 22 heavy (non-hydrogen) atoms. The number of likely N-dealkylation sites (tertiary alicyclic amines) is 1. The molecule has 0 atom stereocenters. The molecule has 2 rings (SSSR count). The summed E-state index contributed by atoms with van der Waals surface area (Å²) in [6.45, 7) is 5.45. The average molecular weight is 324 g/mol. The molecule has 0 radical (unpaired) electrons. The molecule has 1 heterocycles. The topological polar surface area (TPSA) is 23.6 Å². The average Bonchev–Trinajstić information content (AvgIpc) is 2.56. The maximum absolute atomic E-state index is 12.8. The minimum Gasteiger partial charge on any atom is -0.343 e. The van der Waals surface area contributed by atoms with Crippen LogP contribution < -0.4 is 0 Å². The maximum Gasteiger partial charge on any atom is 0.223 e. The van der Waals surface area contributed by atoms with Crippen molar-refractivity contribution >= 4 is 17.7 Å². The van der Waals surface area contributed by atoms with E-state index < -0.39 is 0 Å². The number of carbonyl (C=O) groups excluding carboxylic acids is 1. The van der Waals surface area contributed by atoms with Crippen molar-refractivity contribution in [3.05, 3.63) is 30.1 Å². The van der Waals surface area contributed by atoms with E-state index in [-0.39, 0.29) is 11.7 Å². The smallest absolute Gasteiger partial charge is 0.223 e. The lowest BCUT2D eigenvalue weighted by Gasteiger charge is -2.36. The summed E-state index contributed by atoms with van der Waals surface area (Å²) < 4.78 is 12.8. The highest BCUT2D eigenvalue weighted by Crippen LogP contribution is 2.20. The normalized spacial score (nSPS) is 16.7. The number of piperidine rings is 1. The van der Waals surface area contributed by atoms with E-state index in [1.807, 2.05) is 11.9 Å². The molecule has 122 valence electrons. The first-order valence-corrected chi connectivity index (χ1v) is 8.95. The van der Waals surface area contributed by atoms with Gasteiger partial charge in [-0.2, -0.15) is 0 Å². The van der Waals surface area contributed by atoms with Crippen LogP contribution in [0.5, 0.6) is 0 Å². The van der Waals surface area contributed by atoms with Crippen LogP contribution in [0.25, 0.3) is 0 Å². The minimum atomic E-state index is -0.224. The van der Waals surface area contributed by atoms with Crippen LogP contribution in [0.2, 0.25) is 0 Å². The Morgan fingerprint density at radius 3 is 2.55 bits per heavy atom. The van der Waals surface area contributed by atoms with Gasteiger partial charge in [-0.05, 0) is 43.7 Å². The highest BCUT2D eigenvalue weighted by Gasteiger charge is 2.24. The monoisotopic (exact) mass is 324 g/mol. The van der Waals surface area contributed by atoms with E-state index in [1.165, 1.54) is 12.1 Å². The Labute approximate surface area is 136 Å². The van der Waals surface area contributed by atoms with Gasteiger partial charge in [-0.25, -0.2) is 4.39 Å². The Balaban J connectivity index is 1.71. The van der Waals surface area contributed by atoms with Crippen molar-refractivity contribution in [1.29, 1.82) is 0 Å². The van der Waals surface area contributed by atoms with Crippen LogP contribution in [0.4, 0.5) is 4.39 Å². The molecule has 0 aromatic heterocycles. The van der Waals surface area contributed by atoms with Crippen LogP contribution in [0.3, 0.4) is 0 Å². The fourth-order valence-electron chi connectivity index (χ4n) is 2.79. The lowest BCUT2D eigenvalue weighted by atomic mass is 10.0. The predicted molar refractivity (Wildman–Crippen MR) is 89.6 cm³/mol. The molecule has 0 unspecified atom stereocenters. The summed E-state index contributed by atoms with van der Waals surface area (Å²) in [6.07, 6.45) is 2.68. The molecule has 0 saturated carbocycles. The van der Waals surface area contributed by atoms with Crippen molar-refractivity contribution in [3.63, 3.8) is 0 Å². The number of thioether (sulfide) groups is 1. The van der Waals surface area contributed by atoms with Crippen LogP contribution in [0.1, 0.15) is 26.2 Å². The quantitative estimate of drug-likeness (QED) is 0.751. The van der Waals surface area contributed by atoms with Crippen LogP contribution in [0, 0.1) is 5.82 Å². The van der Waals surface area contributed by atoms with E-state index in [0.717, 1.165) is 43.1 Å². The van der Waals surface area contributed by atoms with Crippen LogP contribution in [-0.2, 0) is 4.79 Å². The molecule has 0 spiro atoms. The number of carbonyl (C=O) groups is 1. The Bertz CT molecular complexity index is 472. The molecule has 0 aliphatic carbocycles. The molecule has 0 bridgehead atoms. The third-order valence-corrected chi connectivity index (χ3v) is 5.36. The van der Waals surface area contributed by atoms with E-state index in [2.05, 4.69) is 11.8 Å². The Hall–Kier alpha value is -1.07. The van der Waals surface area contributed by atoms with Gasteiger partial charge in [0.05, 0.1) is 0 Å². The first-order valence-electron chi connectivity index (χ1n) is 7.96. The summed E-state index contributed by atoms with van der Waals surface area (Å²) in [5.74, 6) is 0.728. The molecular formula is C17H25FN2OS. The standard InChI is InChI=1S/C17H25FN2OS/c1-3-20-11-8-15(9-12-20)19(2)17(21)10-13-22-16-6-4-14(18)5-7-16/h4-7,15H,3,8-13H2,1-2H3. The zero-order valence-electron chi connectivity index (χ0n) is 13.4. The van der Waals surface area contributed by atoms with E-state index in [4.69, 9.17) is 0 Å². The molecule has 1 saturated heterocycles. The fraction of sp³-hybridized carbons (Fsp3) is 0.588. The zero-order chi connectivity index (χ0) is 15.9. The first kappa shape index (κ1) is 17.3. The van der Waals surface area contributed by atoms with Crippen molar-refractivity contribution in [2.24, 2.45) is 0 Å². The van der Waals surface area contributed by atoms with E-state index in [1.54, 1.807) is 23.9 Å². The van der Waals surface area contributed by atoms with E-state index in [0.29, 0.717) is 12.5 Å². The Morgan fingerprint density at radius 2 is 1.95 bits per heavy atom. The van der Waals surface area contributed by atoms with Gasteiger partial charge in [0.2, 0.25) is 5.91 Å². The van der Waals surface area contributed by atoms with Crippen LogP contribution in [0.15, 0.2) is 29.2 Å². The van der Waals surface area contributed by atoms with Gasteiger partial charge in [0.15, 0.2) is 0 Å². The summed E-state index contributed by atoms with van der Waals surface area (Å²) in [7, 11) is 1.93. The predicted octanol–water partition coefficient (Wildman–Crippen LogP) is 3.25. The van der Waals surface area contributed by atoms with Gasteiger partial charge in [-0.15, -0.1) is 11.8 Å². The highest BCUT2D eigenvalue weighted by atomic mass is 32.2. The molecule has 1 fully saturated rings. The van der Waals surface area contributed by atoms with Crippen molar-refractivity contribution in [1.82, 2.24) is 9.80 Å². The van der Waals surface area contributed by atoms with Gasteiger partial charge in [-0.3, -0.25) is 4.79 Å². The van der Waals surface area contributed by atoms with Gasteiger partial charge in [-0.1, -0.05) is 6.92 Å². The summed E-state index contributed by atoms with van der Waals surface area (Å²) >= 11 is 1.60. The Kier molecular flexibility index (Phi) is 6.70. The SMILES string of the molecule is CCN1CCC(N(C)C(=O)CCSc2ccc(F)cc2)CC1. The lowest BCUT2D eigenvalue weighted by molar-refractivity contribution is -0.132. The number of rotatable bonds is 6. The van der Waals surface area contributed by atoms with Crippen LogP contribution >= 0.6 is 11.8 Å². The zero-order valence-corrected chi connectivity index (χ0v) is 14.2. The maximum atomic E-state index is 12.8. The molecule has 0 N–H and O–H groups in total. The summed E-state index contributed by atoms with van der Waals surface area (Å²) in [6, 6.07) is 6.81. The minimum absolute atomic E-state index is 0.213. The second kappa shape index (κ2) is 8.53. The molecule has 1 aliphatic rings.